The Kier molecular flexibility index (Phi) is 13.4. The molecule has 2 N–H and O–H groups in total. The highest BCUT2D eigenvalue weighted by Gasteiger charge is 2.65. The molecule has 4 aliphatic rings. The van der Waals surface area contributed by atoms with Crippen LogP contribution in [0.25, 0.3) is 0 Å². The molecule has 1 amide bonds. The van der Waals surface area contributed by atoms with E-state index in [1.807, 2.05) is 49.2 Å². The second-order valence-electron chi connectivity index (χ2n) is 14.4. The standard InChI is InChI=1S/C42H56N2O7S/c1-4-23-49-42-38(44(3)41(47)29-17-18-29)28-36(43-50-5-2)34-26-30(13-9-11-21-45)33(16-10-12-22-46)39(40(34)42)35-27-31(19-20-37(35)51-42)48-24-25-52-32-14-7-6-8-15-32/h4,6-8,14-15,19-20,26-27,29-30,33,38-40,45-46H,1,5,9-13,16-18,21-25,28H2,2-3H3/t30-,33+,38-,39+,40+,42+/m0/s1. The molecule has 282 valence electrons. The fourth-order valence-electron chi connectivity index (χ4n) is 8.57. The van der Waals surface area contributed by atoms with Crippen LogP contribution in [0, 0.1) is 23.7 Å². The fraction of sp³-hybridized carbons (Fsp3) is 0.571. The molecule has 1 aliphatic heterocycles. The summed E-state index contributed by atoms with van der Waals surface area (Å²) in [6.07, 6.45) is 11.4. The van der Waals surface area contributed by atoms with Crippen molar-refractivity contribution in [1.29, 1.82) is 0 Å². The van der Waals surface area contributed by atoms with Gasteiger partial charge in [0.2, 0.25) is 11.7 Å². The molecule has 2 saturated carbocycles. The lowest BCUT2D eigenvalue weighted by Gasteiger charge is -2.59. The Labute approximate surface area is 313 Å². The Balaban J connectivity index is 1.46. The van der Waals surface area contributed by atoms with Crippen LogP contribution in [-0.2, 0) is 14.4 Å². The van der Waals surface area contributed by atoms with Crippen LogP contribution in [0.2, 0.25) is 0 Å². The predicted molar refractivity (Wildman–Crippen MR) is 205 cm³/mol. The van der Waals surface area contributed by atoms with E-state index < -0.39 is 11.8 Å². The van der Waals surface area contributed by atoms with Gasteiger partial charge in [-0.05, 0) is 93.2 Å². The normalized spacial score (nSPS) is 26.8. The highest BCUT2D eigenvalue weighted by atomic mass is 32.2. The van der Waals surface area contributed by atoms with Crippen LogP contribution in [-0.4, -0.2) is 84.4 Å². The first kappa shape index (κ1) is 38.4. The minimum atomic E-state index is -1.21. The number of allylic oxidation sites excluding steroid dienone is 1. The quantitative estimate of drug-likeness (QED) is 0.0629. The lowest BCUT2D eigenvalue weighted by Crippen LogP contribution is -2.69. The molecule has 0 aromatic heterocycles. The van der Waals surface area contributed by atoms with Gasteiger partial charge in [0.05, 0.1) is 24.8 Å². The molecular weight excluding hydrogens is 677 g/mol. The van der Waals surface area contributed by atoms with Crippen molar-refractivity contribution in [2.75, 3.05) is 45.8 Å². The molecule has 0 saturated heterocycles. The molecule has 3 aliphatic carbocycles. The summed E-state index contributed by atoms with van der Waals surface area (Å²) in [5.41, 5.74) is 2.94. The number of rotatable bonds is 20. The Bertz CT molecular complexity index is 1560. The van der Waals surface area contributed by atoms with Crippen molar-refractivity contribution < 1.29 is 34.1 Å². The Hall–Kier alpha value is -3.31. The predicted octanol–water partition coefficient (Wildman–Crippen LogP) is 7.38. The molecule has 9 nitrogen and oxygen atoms in total. The molecule has 52 heavy (non-hydrogen) atoms. The average Bonchev–Trinajstić information content (AvgIpc) is 4.02. The van der Waals surface area contributed by atoms with Gasteiger partial charge in [-0.2, -0.15) is 0 Å². The van der Waals surface area contributed by atoms with Gasteiger partial charge in [0.25, 0.3) is 0 Å². The zero-order valence-electron chi connectivity index (χ0n) is 30.8. The first-order valence-electron chi connectivity index (χ1n) is 19.2. The molecule has 2 aromatic rings. The largest absolute Gasteiger partial charge is 0.493 e. The molecule has 0 bridgehead atoms. The lowest BCUT2D eigenvalue weighted by molar-refractivity contribution is -0.255. The Morgan fingerprint density at radius 3 is 2.58 bits per heavy atom. The molecular formula is C42H56N2O7S. The van der Waals surface area contributed by atoms with Gasteiger partial charge in [-0.25, -0.2) is 0 Å². The number of hydrogen-bond acceptors (Lipinski definition) is 9. The van der Waals surface area contributed by atoms with Gasteiger partial charge in [-0.15, -0.1) is 18.3 Å². The first-order valence-corrected chi connectivity index (χ1v) is 20.2. The topological polar surface area (TPSA) is 110 Å². The summed E-state index contributed by atoms with van der Waals surface area (Å²) >= 11 is 1.77. The summed E-state index contributed by atoms with van der Waals surface area (Å²) in [6, 6.07) is 16.0. The van der Waals surface area contributed by atoms with Crippen molar-refractivity contribution in [2.24, 2.45) is 28.8 Å². The minimum Gasteiger partial charge on any atom is -0.493 e. The number of carbonyl (C=O) groups excluding carboxylic acids is 1. The third-order valence-corrected chi connectivity index (χ3v) is 12.0. The van der Waals surface area contributed by atoms with Crippen LogP contribution >= 0.6 is 11.8 Å². The summed E-state index contributed by atoms with van der Waals surface area (Å²) in [5.74, 6) is 1.25. The Morgan fingerprint density at radius 1 is 1.10 bits per heavy atom. The maximum atomic E-state index is 13.9. The summed E-state index contributed by atoms with van der Waals surface area (Å²) in [6.45, 7) is 7.45. The van der Waals surface area contributed by atoms with E-state index in [-0.39, 0.29) is 55.3 Å². The van der Waals surface area contributed by atoms with Crippen LogP contribution in [0.1, 0.15) is 76.2 Å². The van der Waals surface area contributed by atoms with E-state index >= 15 is 0 Å². The summed E-state index contributed by atoms with van der Waals surface area (Å²) in [7, 11) is 1.88. The van der Waals surface area contributed by atoms with E-state index in [2.05, 4.69) is 30.9 Å². The minimum absolute atomic E-state index is 0.0191. The highest BCUT2D eigenvalue weighted by molar-refractivity contribution is 7.99. The molecule has 1 heterocycles. The van der Waals surface area contributed by atoms with Crippen molar-refractivity contribution in [3.8, 4) is 11.5 Å². The number of benzene rings is 2. The number of unbranched alkanes of at least 4 members (excludes halogenated alkanes) is 2. The molecule has 6 rings (SSSR count). The molecule has 10 heteroatoms. The third kappa shape index (κ3) is 8.40. The molecule has 0 unspecified atom stereocenters. The number of nitrogens with zero attached hydrogens (tertiary/aromatic N) is 2. The van der Waals surface area contributed by atoms with Crippen LogP contribution < -0.4 is 9.47 Å². The van der Waals surface area contributed by atoms with Gasteiger partial charge in [0.1, 0.15) is 24.1 Å². The van der Waals surface area contributed by atoms with Gasteiger partial charge < -0.3 is 34.2 Å². The van der Waals surface area contributed by atoms with Gasteiger partial charge in [-0.1, -0.05) is 48.3 Å². The number of ether oxygens (including phenoxy) is 3. The number of amides is 1. The molecule has 0 radical (unpaired) electrons. The number of thioether (sulfide) groups is 1. The molecule has 2 fully saturated rings. The summed E-state index contributed by atoms with van der Waals surface area (Å²) < 4.78 is 20.6. The zero-order valence-corrected chi connectivity index (χ0v) is 31.6. The second kappa shape index (κ2) is 18.1. The van der Waals surface area contributed by atoms with E-state index in [1.54, 1.807) is 17.8 Å². The SMILES string of the molecule is C=CCO[C@@]12Oc3ccc(OCCSc4ccccc4)cc3[C@H]3[C@H](CCCCO)[C@@H](CCCCO)C=C(C(=NOCC)C[C@@H]1N(C)C(=O)C1CC1)[C@H]32. The molecule has 0 spiro atoms. The van der Waals surface area contributed by atoms with Crippen molar-refractivity contribution in [3.05, 3.63) is 78.4 Å². The lowest BCUT2D eigenvalue weighted by atomic mass is 9.55. The van der Waals surface area contributed by atoms with Gasteiger partial charge in [-0.3, -0.25) is 4.79 Å². The number of hydrogen-bond donors (Lipinski definition) is 2. The number of carbonyl (C=O) groups is 1. The Morgan fingerprint density at radius 2 is 1.87 bits per heavy atom. The van der Waals surface area contributed by atoms with E-state index in [0.29, 0.717) is 19.6 Å². The summed E-state index contributed by atoms with van der Waals surface area (Å²) in [4.78, 5) is 22.7. The first-order chi connectivity index (χ1) is 25.4. The maximum absolute atomic E-state index is 13.9. The smallest absolute Gasteiger partial charge is 0.239 e. The van der Waals surface area contributed by atoms with Crippen molar-refractivity contribution in [1.82, 2.24) is 4.90 Å². The monoisotopic (exact) mass is 732 g/mol. The van der Waals surface area contributed by atoms with Crippen molar-refractivity contribution >= 4 is 23.4 Å². The zero-order chi connectivity index (χ0) is 36.5. The number of likely N-dealkylation sites (N-methyl/N-ethyl adjacent to an activating group) is 1. The van der Waals surface area contributed by atoms with E-state index in [1.165, 1.54) is 4.90 Å². The number of aliphatic hydroxyl groups is 2. The van der Waals surface area contributed by atoms with Crippen molar-refractivity contribution in [3.63, 3.8) is 0 Å². The van der Waals surface area contributed by atoms with Gasteiger partial charge in [0.15, 0.2) is 0 Å². The third-order valence-electron chi connectivity index (χ3n) is 11.1. The molecule has 6 atom stereocenters. The van der Waals surface area contributed by atoms with E-state index in [4.69, 9.17) is 24.2 Å². The molecule has 2 aromatic carbocycles. The number of oxime groups is 1. The van der Waals surface area contributed by atoms with Crippen LogP contribution in [0.4, 0.5) is 0 Å². The van der Waals surface area contributed by atoms with Crippen LogP contribution in [0.15, 0.2) is 82.9 Å². The maximum Gasteiger partial charge on any atom is 0.239 e. The highest BCUT2D eigenvalue weighted by Crippen LogP contribution is 2.62. The van der Waals surface area contributed by atoms with E-state index in [0.717, 1.165) is 85.5 Å². The average molecular weight is 733 g/mol. The number of fused-ring (bicyclic) bond motifs is 2. The van der Waals surface area contributed by atoms with Crippen LogP contribution in [0.5, 0.6) is 11.5 Å². The number of aliphatic hydroxyl groups excluding tert-OH is 2. The van der Waals surface area contributed by atoms with Gasteiger partial charge in [0, 0.05) is 54.7 Å². The van der Waals surface area contributed by atoms with Gasteiger partial charge >= 0.3 is 0 Å². The van der Waals surface area contributed by atoms with Crippen molar-refractivity contribution in [2.45, 2.75) is 87.4 Å². The fourth-order valence-corrected chi connectivity index (χ4v) is 9.32. The van der Waals surface area contributed by atoms with E-state index in [9.17, 15) is 15.0 Å². The summed E-state index contributed by atoms with van der Waals surface area (Å²) in [5, 5.41) is 24.3. The van der Waals surface area contributed by atoms with Crippen LogP contribution in [0.3, 0.4) is 0 Å². The second-order valence-corrected chi connectivity index (χ2v) is 15.6.